The Kier molecular flexibility index (Phi) is 6.85. The first-order valence-corrected chi connectivity index (χ1v) is 9.42. The van der Waals surface area contributed by atoms with E-state index >= 15 is 0 Å². The Morgan fingerprint density at radius 2 is 1.79 bits per heavy atom. The fourth-order valence-corrected chi connectivity index (χ4v) is 4.09. The number of nitrogens with one attached hydrogen (secondary N) is 1. The second kappa shape index (κ2) is 8.48. The van der Waals surface area contributed by atoms with Crippen LogP contribution < -0.4 is 22.3 Å². The molecule has 0 saturated heterocycles. The summed E-state index contributed by atoms with van der Waals surface area (Å²) >= 11 is 0.905. The van der Waals surface area contributed by atoms with E-state index in [1.807, 2.05) is 0 Å². The van der Waals surface area contributed by atoms with Crippen LogP contribution in [-0.2, 0) is 13.1 Å². The second-order valence-corrected chi connectivity index (χ2v) is 7.57. The van der Waals surface area contributed by atoms with E-state index in [2.05, 4.69) is 5.32 Å². The number of aryl methyl sites for hydroxylation is 2. The summed E-state index contributed by atoms with van der Waals surface area (Å²) in [6.07, 6.45) is -11.0. The van der Waals surface area contributed by atoms with Gasteiger partial charge in [0, 0.05) is 31.1 Å². The van der Waals surface area contributed by atoms with Crippen LogP contribution in [0.2, 0.25) is 0 Å². The topological polar surface area (TPSA) is 82.1 Å². The molecule has 0 aromatic carbocycles. The van der Waals surface area contributed by atoms with Crippen LogP contribution >= 0.6 is 11.3 Å². The van der Waals surface area contributed by atoms with Crippen molar-refractivity contribution in [1.82, 2.24) is 14.5 Å². The van der Waals surface area contributed by atoms with Crippen LogP contribution in [0.4, 0.5) is 26.3 Å². The molecule has 0 spiro atoms. The monoisotopic (exact) mass is 446 g/mol. The highest BCUT2D eigenvalue weighted by Gasteiger charge is 2.40. The first kappa shape index (κ1) is 23.4. The predicted octanol–water partition coefficient (Wildman–Crippen LogP) is 2.66. The van der Waals surface area contributed by atoms with Crippen LogP contribution in [-0.4, -0.2) is 34.6 Å². The molecule has 1 atom stereocenters. The summed E-state index contributed by atoms with van der Waals surface area (Å²) < 4.78 is 78.3. The van der Waals surface area contributed by atoms with E-state index in [0.29, 0.717) is 35.0 Å². The molecule has 6 nitrogen and oxygen atoms in total. The van der Waals surface area contributed by atoms with E-state index < -0.39 is 42.6 Å². The molecule has 0 radical (unpaired) electrons. The normalized spacial score (nSPS) is 14.0. The van der Waals surface area contributed by atoms with E-state index in [9.17, 15) is 35.9 Å². The molecule has 13 heteroatoms. The van der Waals surface area contributed by atoms with Crippen LogP contribution in [0.3, 0.4) is 0 Å². The lowest BCUT2D eigenvalue weighted by Gasteiger charge is -2.20. The zero-order valence-corrected chi connectivity index (χ0v) is 16.4. The Hall–Kier alpha value is -1.86. The van der Waals surface area contributed by atoms with Crippen molar-refractivity contribution < 1.29 is 26.3 Å². The molecule has 0 aliphatic carbocycles. The lowest BCUT2D eigenvalue weighted by atomic mass is 10.2. The number of rotatable bonds is 7. The van der Waals surface area contributed by atoms with Gasteiger partial charge in [0.1, 0.15) is 10.9 Å². The van der Waals surface area contributed by atoms with Gasteiger partial charge in [0.25, 0.3) is 5.56 Å². The Morgan fingerprint density at radius 1 is 1.17 bits per heavy atom. The van der Waals surface area contributed by atoms with Gasteiger partial charge in [-0.25, -0.2) is 9.36 Å². The van der Waals surface area contributed by atoms with Gasteiger partial charge in [-0.1, -0.05) is 0 Å². The highest BCUT2D eigenvalue weighted by atomic mass is 32.1. The molecule has 0 fully saturated rings. The molecule has 2 aromatic rings. The summed E-state index contributed by atoms with van der Waals surface area (Å²) in [6.45, 7) is 2.17. The van der Waals surface area contributed by atoms with Crippen molar-refractivity contribution >= 4 is 21.6 Å². The minimum Gasteiger partial charge on any atom is -0.329 e. The standard InChI is InChI=1S/C16H20F6N4O2S/c1-8-10(7-24-5-4-23)29-13-11(8)12(27)26(9(2)16(20,21)22)14(28)25(13)6-3-15(17,18)19/h9,24H,3-7,23H2,1-2H3. The number of thiophene rings is 1. The molecule has 0 aliphatic heterocycles. The minimum absolute atomic E-state index is 0.0183. The Balaban J connectivity index is 2.77. The zero-order valence-electron chi connectivity index (χ0n) is 15.6. The first-order chi connectivity index (χ1) is 13.3. The summed E-state index contributed by atoms with van der Waals surface area (Å²) in [4.78, 5) is 25.8. The molecule has 2 aromatic heterocycles. The third-order valence-corrected chi connectivity index (χ3v) is 5.74. The van der Waals surface area contributed by atoms with Crippen molar-refractivity contribution in [3.05, 3.63) is 31.3 Å². The number of hydrogen-bond acceptors (Lipinski definition) is 5. The van der Waals surface area contributed by atoms with Crippen molar-refractivity contribution in [3.8, 4) is 0 Å². The van der Waals surface area contributed by atoms with Gasteiger partial charge in [-0.2, -0.15) is 26.3 Å². The van der Waals surface area contributed by atoms with Gasteiger partial charge in [0.05, 0.1) is 11.8 Å². The maximum Gasteiger partial charge on any atom is 0.409 e. The average Bonchev–Trinajstić information content (AvgIpc) is 2.90. The highest BCUT2D eigenvalue weighted by molar-refractivity contribution is 7.18. The number of halogens is 6. The highest BCUT2D eigenvalue weighted by Crippen LogP contribution is 2.32. The molecule has 2 heterocycles. The van der Waals surface area contributed by atoms with Crippen LogP contribution in [0, 0.1) is 6.92 Å². The number of alkyl halides is 6. The van der Waals surface area contributed by atoms with Gasteiger partial charge >= 0.3 is 18.0 Å². The van der Waals surface area contributed by atoms with Crippen molar-refractivity contribution in [2.24, 2.45) is 5.73 Å². The molecule has 0 bridgehead atoms. The van der Waals surface area contributed by atoms with Gasteiger partial charge in [0.2, 0.25) is 0 Å². The maximum atomic E-state index is 13.2. The lowest BCUT2D eigenvalue weighted by molar-refractivity contribution is -0.164. The van der Waals surface area contributed by atoms with E-state index in [-0.39, 0.29) is 21.3 Å². The van der Waals surface area contributed by atoms with Crippen molar-refractivity contribution in [2.45, 2.75) is 51.8 Å². The van der Waals surface area contributed by atoms with Crippen molar-refractivity contribution in [3.63, 3.8) is 0 Å². The van der Waals surface area contributed by atoms with Crippen LogP contribution in [0.15, 0.2) is 9.59 Å². The quantitative estimate of drug-likeness (QED) is 0.506. The number of nitrogens with zero attached hydrogens (tertiary/aromatic N) is 2. The summed E-state index contributed by atoms with van der Waals surface area (Å²) in [5.74, 6) is 0. The number of nitrogens with two attached hydrogens (primary N) is 1. The third kappa shape index (κ3) is 5.01. The second-order valence-electron chi connectivity index (χ2n) is 6.49. The van der Waals surface area contributed by atoms with Gasteiger partial charge in [-0.3, -0.25) is 9.36 Å². The van der Waals surface area contributed by atoms with Gasteiger partial charge in [-0.05, 0) is 19.4 Å². The molecule has 1 unspecified atom stereocenters. The molecule has 2 rings (SSSR count). The smallest absolute Gasteiger partial charge is 0.329 e. The van der Waals surface area contributed by atoms with Crippen LogP contribution in [0.25, 0.3) is 10.2 Å². The Bertz CT molecular complexity index is 989. The summed E-state index contributed by atoms with van der Waals surface area (Å²) in [7, 11) is 0. The largest absolute Gasteiger partial charge is 0.409 e. The molecule has 3 N–H and O–H groups in total. The lowest BCUT2D eigenvalue weighted by Crippen LogP contribution is -2.45. The summed E-state index contributed by atoms with van der Waals surface area (Å²) in [5.41, 5.74) is 3.11. The Labute approximate surface area is 164 Å². The maximum absolute atomic E-state index is 13.2. The van der Waals surface area contributed by atoms with Gasteiger partial charge in [-0.15, -0.1) is 11.3 Å². The zero-order chi connectivity index (χ0) is 22.1. The minimum atomic E-state index is -4.92. The van der Waals surface area contributed by atoms with Gasteiger partial charge in [0.15, 0.2) is 0 Å². The fraction of sp³-hybridized carbons (Fsp3) is 0.625. The molecule has 0 aliphatic rings. The van der Waals surface area contributed by atoms with E-state index in [4.69, 9.17) is 5.73 Å². The Morgan fingerprint density at radius 3 is 2.31 bits per heavy atom. The first-order valence-electron chi connectivity index (χ1n) is 8.61. The summed E-state index contributed by atoms with van der Waals surface area (Å²) in [6, 6.07) is -2.48. The SMILES string of the molecule is Cc1c(CNCCN)sc2c1c(=O)n(C(C)C(F)(F)F)c(=O)n2CCC(F)(F)F. The summed E-state index contributed by atoms with van der Waals surface area (Å²) in [5, 5.41) is 2.77. The van der Waals surface area contributed by atoms with E-state index in [1.165, 1.54) is 6.92 Å². The van der Waals surface area contributed by atoms with Gasteiger partial charge < -0.3 is 11.1 Å². The van der Waals surface area contributed by atoms with Crippen LogP contribution in [0.5, 0.6) is 0 Å². The molecule has 29 heavy (non-hydrogen) atoms. The number of hydrogen-bond donors (Lipinski definition) is 2. The molecule has 0 saturated carbocycles. The molecular weight excluding hydrogens is 426 g/mol. The number of aromatic nitrogens is 2. The third-order valence-electron chi connectivity index (χ3n) is 4.43. The number of fused-ring (bicyclic) bond motifs is 1. The van der Waals surface area contributed by atoms with Crippen molar-refractivity contribution in [1.29, 1.82) is 0 Å². The van der Waals surface area contributed by atoms with Crippen molar-refractivity contribution in [2.75, 3.05) is 13.1 Å². The van der Waals surface area contributed by atoms with E-state index in [1.54, 1.807) is 0 Å². The van der Waals surface area contributed by atoms with E-state index in [0.717, 1.165) is 11.3 Å². The fourth-order valence-electron chi connectivity index (χ4n) is 2.81. The molecular formula is C16H20F6N4O2S. The van der Waals surface area contributed by atoms with Crippen LogP contribution in [0.1, 0.15) is 29.8 Å². The molecule has 164 valence electrons. The average molecular weight is 446 g/mol. The predicted molar refractivity (Wildman–Crippen MR) is 97.3 cm³/mol. The molecule has 0 amide bonds.